The molecule has 4 atom stereocenters. The fourth-order valence-corrected chi connectivity index (χ4v) is 4.89. The number of carbonyl (C=O) groups excluding carboxylic acids is 2. The molecule has 4 rings (SSSR count). The third kappa shape index (κ3) is 4.10. The fourth-order valence-electron chi connectivity index (χ4n) is 4.68. The Labute approximate surface area is 171 Å². The SMILES string of the molecule is CN1CCN([C@@H]2CN[C@H](CONC(=O)C3CCC4CN3C(=O)N4OS)C2)CC1. The van der Waals surface area contributed by atoms with Crippen LogP contribution in [0.1, 0.15) is 19.3 Å². The van der Waals surface area contributed by atoms with Crippen LogP contribution in [-0.2, 0) is 13.9 Å². The van der Waals surface area contributed by atoms with Gasteiger partial charge in [0.1, 0.15) is 6.04 Å². The Hall–Kier alpha value is -1.11. The highest BCUT2D eigenvalue weighted by molar-refractivity contribution is 7.75. The summed E-state index contributed by atoms with van der Waals surface area (Å²) in [5.41, 5.74) is 2.54. The van der Waals surface area contributed by atoms with Gasteiger partial charge in [0, 0.05) is 64.3 Å². The van der Waals surface area contributed by atoms with Crippen molar-refractivity contribution in [2.45, 2.75) is 43.4 Å². The van der Waals surface area contributed by atoms with E-state index in [0.29, 0.717) is 32.0 Å². The number of urea groups is 1. The number of amides is 3. The molecule has 0 spiro atoms. The Morgan fingerprint density at radius 2 is 2.04 bits per heavy atom. The largest absolute Gasteiger partial charge is 0.345 e. The van der Waals surface area contributed by atoms with Gasteiger partial charge in [0.15, 0.2) is 0 Å². The van der Waals surface area contributed by atoms with Crippen LogP contribution in [0.5, 0.6) is 0 Å². The van der Waals surface area contributed by atoms with Gasteiger partial charge in [-0.05, 0) is 26.3 Å². The molecule has 2 unspecified atom stereocenters. The highest BCUT2D eigenvalue weighted by Crippen LogP contribution is 2.30. The molecule has 0 aliphatic carbocycles. The minimum Gasteiger partial charge on any atom is -0.310 e. The molecule has 4 saturated heterocycles. The predicted molar refractivity (Wildman–Crippen MR) is 104 cm³/mol. The van der Waals surface area contributed by atoms with E-state index in [0.717, 1.165) is 39.1 Å². The molecule has 0 aromatic rings. The van der Waals surface area contributed by atoms with Crippen LogP contribution in [0.15, 0.2) is 0 Å². The van der Waals surface area contributed by atoms with Crippen LogP contribution in [0, 0.1) is 0 Å². The van der Waals surface area contributed by atoms with Gasteiger partial charge in [0.25, 0.3) is 5.91 Å². The normalized spacial score (nSPS) is 34.3. The fraction of sp³-hybridized carbons (Fsp3) is 0.882. The van der Waals surface area contributed by atoms with Crippen molar-refractivity contribution >= 4 is 24.8 Å². The lowest BCUT2D eigenvalue weighted by atomic mass is 10.0. The second-order valence-electron chi connectivity index (χ2n) is 8.20. The van der Waals surface area contributed by atoms with E-state index >= 15 is 0 Å². The Kier molecular flexibility index (Phi) is 6.28. The lowest BCUT2D eigenvalue weighted by Gasteiger charge is -2.36. The molecule has 4 heterocycles. The van der Waals surface area contributed by atoms with E-state index in [1.807, 2.05) is 0 Å². The lowest BCUT2D eigenvalue weighted by Crippen LogP contribution is -2.50. The standard InChI is InChI=1S/C17H30N6O4S/c1-20-4-6-21(7-5-20)14-8-12(18-9-14)11-26-19-16(24)15-3-2-13-10-22(15)17(25)23(13)27-28/h12-15,18,28H,2-11H2,1H3,(H,19,24)/t12-,13?,14-,15?/m0/s1. The number of piperazine rings is 1. The van der Waals surface area contributed by atoms with E-state index in [4.69, 9.17) is 9.12 Å². The number of likely N-dealkylation sites (N-methyl/N-ethyl adjacent to an activating group) is 1. The topological polar surface area (TPSA) is 89.6 Å². The van der Waals surface area contributed by atoms with E-state index in [2.05, 4.69) is 40.6 Å². The summed E-state index contributed by atoms with van der Waals surface area (Å²) in [7, 11) is 2.16. The molecule has 0 saturated carbocycles. The third-order valence-electron chi connectivity index (χ3n) is 6.42. The minimum atomic E-state index is -0.521. The van der Waals surface area contributed by atoms with Crippen molar-refractivity contribution < 1.29 is 18.7 Å². The molecular formula is C17H30N6O4S. The first-order valence-corrected chi connectivity index (χ1v) is 10.4. The van der Waals surface area contributed by atoms with Crippen LogP contribution >= 0.6 is 12.9 Å². The van der Waals surface area contributed by atoms with Gasteiger partial charge < -0.3 is 15.1 Å². The Bertz CT molecular complexity index is 590. The Morgan fingerprint density at radius 1 is 1.25 bits per heavy atom. The molecule has 0 aromatic carbocycles. The molecule has 28 heavy (non-hydrogen) atoms. The van der Waals surface area contributed by atoms with Crippen LogP contribution in [0.25, 0.3) is 0 Å². The number of fused-ring (bicyclic) bond motifs is 2. The molecule has 2 bridgehead atoms. The van der Waals surface area contributed by atoms with Gasteiger partial charge in [-0.3, -0.25) is 14.5 Å². The first kappa shape index (κ1) is 20.2. The molecule has 2 N–H and O–H groups in total. The monoisotopic (exact) mass is 414 g/mol. The zero-order valence-corrected chi connectivity index (χ0v) is 17.1. The van der Waals surface area contributed by atoms with Crippen molar-refractivity contribution in [2.24, 2.45) is 0 Å². The zero-order chi connectivity index (χ0) is 19.7. The van der Waals surface area contributed by atoms with Crippen molar-refractivity contribution in [1.82, 2.24) is 30.6 Å². The molecule has 4 aliphatic heterocycles. The van der Waals surface area contributed by atoms with Gasteiger partial charge in [-0.1, -0.05) is 0 Å². The maximum Gasteiger partial charge on any atom is 0.345 e. The molecule has 0 aromatic heterocycles. The number of rotatable bonds is 6. The summed E-state index contributed by atoms with van der Waals surface area (Å²) >= 11 is 3.73. The third-order valence-corrected chi connectivity index (χ3v) is 6.60. The number of piperidine rings is 1. The summed E-state index contributed by atoms with van der Waals surface area (Å²) in [6.45, 7) is 6.29. The quantitative estimate of drug-likeness (QED) is 0.294. The van der Waals surface area contributed by atoms with Crippen LogP contribution in [0.4, 0.5) is 4.79 Å². The number of hydroxylamine groups is 3. The van der Waals surface area contributed by atoms with Crippen LogP contribution < -0.4 is 10.8 Å². The first-order valence-electron chi connectivity index (χ1n) is 10.1. The summed E-state index contributed by atoms with van der Waals surface area (Å²) < 4.78 is 4.84. The average molecular weight is 415 g/mol. The van der Waals surface area contributed by atoms with E-state index in [9.17, 15) is 9.59 Å². The summed E-state index contributed by atoms with van der Waals surface area (Å²) in [6, 6.07) is -0.119. The second kappa shape index (κ2) is 8.72. The van der Waals surface area contributed by atoms with Crippen LogP contribution in [-0.4, -0.2) is 109 Å². The van der Waals surface area contributed by atoms with Gasteiger partial charge in [0.05, 0.1) is 12.6 Å². The number of hydrogen-bond acceptors (Lipinski definition) is 8. The molecule has 10 nitrogen and oxygen atoms in total. The highest BCUT2D eigenvalue weighted by Gasteiger charge is 2.48. The summed E-state index contributed by atoms with van der Waals surface area (Å²) in [5.74, 6) is -0.276. The van der Waals surface area contributed by atoms with Crippen molar-refractivity contribution in [3.05, 3.63) is 0 Å². The maximum absolute atomic E-state index is 12.5. The number of nitrogens with one attached hydrogen (secondary N) is 2. The smallest absolute Gasteiger partial charge is 0.310 e. The molecular weight excluding hydrogens is 384 g/mol. The van der Waals surface area contributed by atoms with Gasteiger partial charge in [0.2, 0.25) is 0 Å². The first-order chi connectivity index (χ1) is 13.6. The van der Waals surface area contributed by atoms with Crippen LogP contribution in [0.3, 0.4) is 0 Å². The van der Waals surface area contributed by atoms with Crippen molar-refractivity contribution in [1.29, 1.82) is 0 Å². The molecule has 3 amide bonds. The van der Waals surface area contributed by atoms with Crippen molar-refractivity contribution in [2.75, 3.05) is 52.9 Å². The highest BCUT2D eigenvalue weighted by atomic mass is 32.1. The number of nitrogens with zero attached hydrogens (tertiary/aromatic N) is 4. The van der Waals surface area contributed by atoms with Gasteiger partial charge in [-0.15, -0.1) is 0 Å². The number of hydrogen-bond donors (Lipinski definition) is 3. The van der Waals surface area contributed by atoms with E-state index in [1.54, 1.807) is 0 Å². The molecule has 11 heteroatoms. The van der Waals surface area contributed by atoms with Crippen molar-refractivity contribution in [3.63, 3.8) is 0 Å². The summed E-state index contributed by atoms with van der Waals surface area (Å²) in [4.78, 5) is 36.7. The van der Waals surface area contributed by atoms with Crippen molar-refractivity contribution in [3.8, 4) is 0 Å². The maximum atomic E-state index is 12.5. The molecule has 158 valence electrons. The van der Waals surface area contributed by atoms with Crippen LogP contribution in [0.2, 0.25) is 0 Å². The zero-order valence-electron chi connectivity index (χ0n) is 16.2. The second-order valence-corrected chi connectivity index (χ2v) is 8.36. The van der Waals surface area contributed by atoms with E-state index in [1.165, 1.54) is 9.96 Å². The molecule has 0 radical (unpaired) electrons. The summed E-state index contributed by atoms with van der Waals surface area (Å²) in [6.07, 6.45) is 2.31. The van der Waals surface area contributed by atoms with Gasteiger partial charge >= 0.3 is 6.03 Å². The molecule has 4 fully saturated rings. The summed E-state index contributed by atoms with van der Waals surface area (Å²) in [5, 5.41) is 4.72. The number of thiol groups is 1. The van der Waals surface area contributed by atoms with E-state index in [-0.39, 0.29) is 24.0 Å². The van der Waals surface area contributed by atoms with Gasteiger partial charge in [-0.2, -0.15) is 5.06 Å². The van der Waals surface area contributed by atoms with Gasteiger partial charge in [-0.25, -0.2) is 14.6 Å². The number of carbonyl (C=O) groups is 2. The lowest BCUT2D eigenvalue weighted by molar-refractivity contribution is -0.139. The van der Waals surface area contributed by atoms with E-state index < -0.39 is 6.04 Å². The predicted octanol–water partition coefficient (Wildman–Crippen LogP) is -0.943. The Balaban J connectivity index is 1.19. The Morgan fingerprint density at radius 3 is 2.79 bits per heavy atom. The average Bonchev–Trinajstić information content (AvgIpc) is 3.26. The molecule has 4 aliphatic rings. The minimum absolute atomic E-state index is 0.0378.